The van der Waals surface area contributed by atoms with Gasteiger partial charge < -0.3 is 15.4 Å². The van der Waals surface area contributed by atoms with Gasteiger partial charge in [0.05, 0.1) is 7.11 Å². The van der Waals surface area contributed by atoms with Crippen LogP contribution in [0.2, 0.25) is 0 Å². The van der Waals surface area contributed by atoms with E-state index in [1.165, 1.54) is 13.5 Å². The van der Waals surface area contributed by atoms with Crippen LogP contribution < -0.4 is 10.6 Å². The molecule has 0 aromatic heterocycles. The summed E-state index contributed by atoms with van der Waals surface area (Å²) in [4.78, 5) is 15.2. The van der Waals surface area contributed by atoms with Gasteiger partial charge in [0.25, 0.3) is 0 Å². The topological polar surface area (TPSA) is 62.7 Å². The van der Waals surface area contributed by atoms with Crippen LogP contribution >= 0.6 is 0 Å². The Hall–Kier alpha value is -1.26. The van der Waals surface area contributed by atoms with Crippen LogP contribution in [0.4, 0.5) is 0 Å². The molecule has 5 nitrogen and oxygen atoms in total. The summed E-state index contributed by atoms with van der Waals surface area (Å²) in [5.41, 5.74) is 0. The molecule has 1 atom stereocenters. The average molecular weight is 285 g/mol. The molecule has 0 saturated heterocycles. The Morgan fingerprint density at radius 2 is 1.90 bits per heavy atom. The van der Waals surface area contributed by atoms with Crippen LogP contribution in [-0.2, 0) is 9.53 Å². The highest BCUT2D eigenvalue weighted by Crippen LogP contribution is 2.06. The first-order chi connectivity index (χ1) is 9.49. The number of esters is 1. The van der Waals surface area contributed by atoms with Crippen molar-refractivity contribution in [2.45, 2.75) is 58.9 Å². The van der Waals surface area contributed by atoms with E-state index in [9.17, 15) is 4.79 Å². The first-order valence-electron chi connectivity index (χ1n) is 7.53. The van der Waals surface area contributed by atoms with E-state index in [0.717, 1.165) is 37.7 Å². The molecular formula is C15H31N3O2. The lowest BCUT2D eigenvalue weighted by Crippen LogP contribution is -2.42. The second-order valence-corrected chi connectivity index (χ2v) is 5.55. The number of unbranched alkanes of at least 4 members (excludes halogenated alkanes) is 1. The molecule has 0 heterocycles. The maximum Gasteiger partial charge on any atom is 0.305 e. The molecule has 0 rings (SSSR count). The maximum atomic E-state index is 11.0. The van der Waals surface area contributed by atoms with Crippen LogP contribution in [0, 0.1) is 5.92 Å². The number of hydrogen-bond acceptors (Lipinski definition) is 3. The SMILES string of the molecule is CN=C(NCCCCC(=O)OC)NC(C)CCC(C)C. The molecule has 1 unspecified atom stereocenters. The van der Waals surface area contributed by atoms with Crippen molar-refractivity contribution in [3.05, 3.63) is 0 Å². The summed E-state index contributed by atoms with van der Waals surface area (Å²) >= 11 is 0. The third-order valence-corrected chi connectivity index (χ3v) is 3.11. The molecule has 20 heavy (non-hydrogen) atoms. The molecule has 0 aromatic rings. The van der Waals surface area contributed by atoms with Crippen molar-refractivity contribution >= 4 is 11.9 Å². The average Bonchev–Trinajstić information content (AvgIpc) is 2.42. The van der Waals surface area contributed by atoms with E-state index in [0.29, 0.717) is 12.5 Å². The summed E-state index contributed by atoms with van der Waals surface area (Å²) < 4.78 is 4.60. The van der Waals surface area contributed by atoms with E-state index >= 15 is 0 Å². The number of ether oxygens (including phenoxy) is 1. The highest BCUT2D eigenvalue weighted by atomic mass is 16.5. The van der Waals surface area contributed by atoms with Crippen molar-refractivity contribution in [3.8, 4) is 0 Å². The van der Waals surface area contributed by atoms with Crippen LogP contribution in [-0.4, -0.2) is 38.7 Å². The summed E-state index contributed by atoms with van der Waals surface area (Å²) in [7, 11) is 3.20. The number of carbonyl (C=O) groups excluding carboxylic acids is 1. The van der Waals surface area contributed by atoms with Crippen molar-refractivity contribution in [2.75, 3.05) is 20.7 Å². The molecule has 2 N–H and O–H groups in total. The van der Waals surface area contributed by atoms with Crippen molar-refractivity contribution in [2.24, 2.45) is 10.9 Å². The molecule has 0 amide bonds. The van der Waals surface area contributed by atoms with Crippen LogP contribution in [0.15, 0.2) is 4.99 Å². The van der Waals surface area contributed by atoms with Crippen molar-refractivity contribution < 1.29 is 9.53 Å². The molecule has 5 heteroatoms. The van der Waals surface area contributed by atoms with Crippen LogP contribution in [0.3, 0.4) is 0 Å². The molecule has 0 aliphatic rings. The van der Waals surface area contributed by atoms with Gasteiger partial charge in [0, 0.05) is 26.1 Å². The number of hydrogen-bond donors (Lipinski definition) is 2. The Labute approximate surface area is 123 Å². The van der Waals surface area contributed by atoms with E-state index in [2.05, 4.69) is 41.1 Å². The zero-order chi connectivity index (χ0) is 15.4. The molecule has 0 radical (unpaired) electrons. The Balaban J connectivity index is 3.74. The summed E-state index contributed by atoms with van der Waals surface area (Å²) in [6.45, 7) is 7.46. The number of guanidine groups is 1. The summed E-state index contributed by atoms with van der Waals surface area (Å²) in [5, 5.41) is 6.65. The standard InChI is InChI=1S/C15H31N3O2/c1-12(2)9-10-13(3)18-15(16-4)17-11-7-6-8-14(19)20-5/h12-13H,6-11H2,1-5H3,(H2,16,17,18). The Bertz CT molecular complexity index is 291. The molecule has 0 spiro atoms. The molecule has 0 aliphatic heterocycles. The molecule has 0 fully saturated rings. The molecule has 0 aliphatic carbocycles. The van der Waals surface area contributed by atoms with Crippen molar-refractivity contribution in [1.82, 2.24) is 10.6 Å². The molecule has 0 bridgehead atoms. The highest BCUT2D eigenvalue weighted by Gasteiger charge is 2.06. The van der Waals surface area contributed by atoms with E-state index in [1.807, 2.05) is 0 Å². The fourth-order valence-electron chi connectivity index (χ4n) is 1.79. The first-order valence-corrected chi connectivity index (χ1v) is 7.53. The van der Waals surface area contributed by atoms with Gasteiger partial charge in [-0.05, 0) is 38.5 Å². The lowest BCUT2D eigenvalue weighted by Gasteiger charge is -2.18. The minimum absolute atomic E-state index is 0.144. The van der Waals surface area contributed by atoms with Gasteiger partial charge in [-0.3, -0.25) is 9.79 Å². The fourth-order valence-corrected chi connectivity index (χ4v) is 1.79. The van der Waals surface area contributed by atoms with Gasteiger partial charge in [0.15, 0.2) is 5.96 Å². The predicted octanol–water partition coefficient (Wildman–Crippen LogP) is 2.32. The number of aliphatic imine (C=N–C) groups is 1. The fraction of sp³-hybridized carbons (Fsp3) is 0.867. The second kappa shape index (κ2) is 11.6. The van der Waals surface area contributed by atoms with Crippen LogP contribution in [0.1, 0.15) is 52.9 Å². The van der Waals surface area contributed by atoms with E-state index < -0.39 is 0 Å². The minimum Gasteiger partial charge on any atom is -0.469 e. The monoisotopic (exact) mass is 285 g/mol. The summed E-state index contributed by atoms with van der Waals surface area (Å²) in [6, 6.07) is 0.415. The molecule has 118 valence electrons. The number of carbonyl (C=O) groups is 1. The smallest absolute Gasteiger partial charge is 0.305 e. The van der Waals surface area contributed by atoms with Gasteiger partial charge in [0.1, 0.15) is 0 Å². The first kappa shape index (κ1) is 18.7. The number of rotatable bonds is 9. The Kier molecular flexibility index (Phi) is 10.8. The zero-order valence-electron chi connectivity index (χ0n) is 13.7. The van der Waals surface area contributed by atoms with Gasteiger partial charge in [-0.25, -0.2) is 0 Å². The van der Waals surface area contributed by atoms with Crippen LogP contribution in [0.25, 0.3) is 0 Å². The van der Waals surface area contributed by atoms with Crippen molar-refractivity contribution in [1.29, 1.82) is 0 Å². The second-order valence-electron chi connectivity index (χ2n) is 5.55. The number of methoxy groups -OCH3 is 1. The third-order valence-electron chi connectivity index (χ3n) is 3.11. The summed E-state index contributed by atoms with van der Waals surface area (Å²) in [6.07, 6.45) is 4.59. The van der Waals surface area contributed by atoms with E-state index in [-0.39, 0.29) is 5.97 Å². The minimum atomic E-state index is -0.144. The lowest BCUT2D eigenvalue weighted by atomic mass is 10.0. The van der Waals surface area contributed by atoms with Gasteiger partial charge >= 0.3 is 5.97 Å². The number of nitrogens with one attached hydrogen (secondary N) is 2. The normalized spacial score (nSPS) is 13.2. The number of nitrogens with zero attached hydrogens (tertiary/aromatic N) is 1. The summed E-state index contributed by atoms with van der Waals surface area (Å²) in [5.74, 6) is 1.42. The van der Waals surface area contributed by atoms with E-state index in [1.54, 1.807) is 7.05 Å². The van der Waals surface area contributed by atoms with Crippen LogP contribution in [0.5, 0.6) is 0 Å². The largest absolute Gasteiger partial charge is 0.469 e. The third kappa shape index (κ3) is 10.6. The highest BCUT2D eigenvalue weighted by molar-refractivity contribution is 5.79. The van der Waals surface area contributed by atoms with Gasteiger partial charge in [-0.15, -0.1) is 0 Å². The van der Waals surface area contributed by atoms with Crippen molar-refractivity contribution in [3.63, 3.8) is 0 Å². The van der Waals surface area contributed by atoms with Gasteiger partial charge in [-0.1, -0.05) is 13.8 Å². The van der Waals surface area contributed by atoms with Gasteiger partial charge in [0.2, 0.25) is 0 Å². The molecule has 0 aromatic carbocycles. The Morgan fingerprint density at radius 3 is 2.45 bits per heavy atom. The maximum absolute atomic E-state index is 11.0. The van der Waals surface area contributed by atoms with Gasteiger partial charge in [-0.2, -0.15) is 0 Å². The molecule has 0 saturated carbocycles. The molecular weight excluding hydrogens is 254 g/mol. The lowest BCUT2D eigenvalue weighted by molar-refractivity contribution is -0.140. The quantitative estimate of drug-likeness (QED) is 0.295. The Morgan fingerprint density at radius 1 is 1.20 bits per heavy atom. The predicted molar refractivity (Wildman–Crippen MR) is 83.9 cm³/mol. The van der Waals surface area contributed by atoms with E-state index in [4.69, 9.17) is 0 Å². The zero-order valence-corrected chi connectivity index (χ0v) is 13.7.